The third-order valence-corrected chi connectivity index (χ3v) is 4.99. The van der Waals surface area contributed by atoms with Crippen molar-refractivity contribution in [3.63, 3.8) is 0 Å². The molecular weight excluding hydrogens is 423 g/mol. The summed E-state index contributed by atoms with van der Waals surface area (Å²) in [6.45, 7) is 1.84. The molecule has 29 heavy (non-hydrogen) atoms. The molecule has 1 heterocycles. The van der Waals surface area contributed by atoms with E-state index in [1.165, 1.54) is 0 Å². The summed E-state index contributed by atoms with van der Waals surface area (Å²) in [5.41, 5.74) is 1.02. The molecule has 1 aromatic heterocycles. The summed E-state index contributed by atoms with van der Waals surface area (Å²) in [7, 11) is 0. The number of halogens is 4. The second kappa shape index (κ2) is 8.84. The molecular formula is C20H15ClF3N3OS. The molecule has 1 N–H and O–H groups in total. The number of benzene rings is 2. The van der Waals surface area contributed by atoms with E-state index in [4.69, 9.17) is 11.6 Å². The number of para-hydroxylation sites is 1. The van der Waals surface area contributed by atoms with Gasteiger partial charge in [-0.15, -0.1) is 0 Å². The van der Waals surface area contributed by atoms with Crippen LogP contribution < -0.4 is 5.32 Å². The van der Waals surface area contributed by atoms with Gasteiger partial charge in [0.25, 0.3) is 0 Å². The summed E-state index contributed by atoms with van der Waals surface area (Å²) >= 11 is 6.67. The van der Waals surface area contributed by atoms with Gasteiger partial charge in [-0.2, -0.15) is 13.2 Å². The molecule has 0 unspecified atom stereocenters. The number of hydrogen-bond donors (Lipinski definition) is 1. The number of hydrogen-bond acceptors (Lipinski definition) is 4. The molecule has 3 rings (SSSR count). The summed E-state index contributed by atoms with van der Waals surface area (Å²) in [5.74, 6) is -0.492. The molecule has 2 aromatic carbocycles. The first-order chi connectivity index (χ1) is 13.7. The van der Waals surface area contributed by atoms with Crippen LogP contribution in [0, 0.1) is 6.92 Å². The molecule has 0 atom stereocenters. The van der Waals surface area contributed by atoms with Gasteiger partial charge in [-0.1, -0.05) is 53.7 Å². The maximum Gasteiger partial charge on any atom is 0.433 e. The molecule has 9 heteroatoms. The molecule has 150 valence electrons. The van der Waals surface area contributed by atoms with Crippen LogP contribution in [0.2, 0.25) is 5.02 Å². The van der Waals surface area contributed by atoms with Gasteiger partial charge in [-0.3, -0.25) is 4.79 Å². The molecule has 0 aliphatic carbocycles. The van der Waals surface area contributed by atoms with Gasteiger partial charge in [-0.25, -0.2) is 9.97 Å². The zero-order chi connectivity index (χ0) is 21.0. The van der Waals surface area contributed by atoms with E-state index in [2.05, 4.69) is 15.3 Å². The summed E-state index contributed by atoms with van der Waals surface area (Å²) in [6, 6.07) is 14.4. The van der Waals surface area contributed by atoms with Crippen molar-refractivity contribution in [1.29, 1.82) is 0 Å². The Labute approximate surface area is 174 Å². The molecule has 0 aliphatic rings. The highest BCUT2D eigenvalue weighted by Gasteiger charge is 2.34. The highest BCUT2D eigenvalue weighted by molar-refractivity contribution is 7.99. The van der Waals surface area contributed by atoms with Crippen molar-refractivity contribution >= 4 is 35.0 Å². The SMILES string of the molecule is Cc1ccccc1NC(=O)CSc1nc(-c2ccc(Cl)cc2)cc(C(F)(F)F)n1. The predicted octanol–water partition coefficient (Wildman–Crippen LogP) is 5.86. The third-order valence-electron chi connectivity index (χ3n) is 3.89. The van der Waals surface area contributed by atoms with Crippen molar-refractivity contribution in [1.82, 2.24) is 9.97 Å². The maximum atomic E-state index is 13.3. The van der Waals surface area contributed by atoms with Crippen LogP contribution in [0.15, 0.2) is 59.8 Å². The normalized spacial score (nSPS) is 11.3. The number of alkyl halides is 3. The second-order valence-corrected chi connectivity index (χ2v) is 7.46. The van der Waals surface area contributed by atoms with Crippen LogP contribution in [-0.4, -0.2) is 21.6 Å². The maximum absolute atomic E-state index is 13.3. The van der Waals surface area contributed by atoms with Crippen LogP contribution in [0.1, 0.15) is 11.3 Å². The standard InChI is InChI=1S/C20H15ClF3N3OS/c1-12-4-2-3-5-15(12)25-18(28)11-29-19-26-16(10-17(27-19)20(22,23)24)13-6-8-14(21)9-7-13/h2-10H,11H2,1H3,(H,25,28). The number of rotatable bonds is 5. The molecule has 0 bridgehead atoms. The minimum Gasteiger partial charge on any atom is -0.325 e. The van der Waals surface area contributed by atoms with E-state index >= 15 is 0 Å². The predicted molar refractivity (Wildman–Crippen MR) is 108 cm³/mol. The van der Waals surface area contributed by atoms with Crippen molar-refractivity contribution in [3.8, 4) is 11.3 Å². The minimum atomic E-state index is -4.64. The van der Waals surface area contributed by atoms with E-state index in [0.29, 0.717) is 16.3 Å². The highest BCUT2D eigenvalue weighted by atomic mass is 35.5. The number of aromatic nitrogens is 2. The van der Waals surface area contributed by atoms with Gasteiger partial charge in [0.15, 0.2) is 5.16 Å². The first-order valence-electron chi connectivity index (χ1n) is 8.43. The number of thioether (sulfide) groups is 1. The van der Waals surface area contributed by atoms with E-state index in [1.807, 2.05) is 19.1 Å². The molecule has 3 aromatic rings. The topological polar surface area (TPSA) is 54.9 Å². The zero-order valence-electron chi connectivity index (χ0n) is 15.1. The van der Waals surface area contributed by atoms with Gasteiger partial charge in [0.05, 0.1) is 11.4 Å². The summed E-state index contributed by atoms with van der Waals surface area (Å²) in [5, 5.41) is 3.05. The fraction of sp³-hybridized carbons (Fsp3) is 0.150. The second-order valence-electron chi connectivity index (χ2n) is 6.08. The number of nitrogens with zero attached hydrogens (tertiary/aromatic N) is 2. The monoisotopic (exact) mass is 437 g/mol. The van der Waals surface area contributed by atoms with Gasteiger partial charge in [0.2, 0.25) is 5.91 Å². The number of anilines is 1. The largest absolute Gasteiger partial charge is 0.433 e. The summed E-state index contributed by atoms with van der Waals surface area (Å²) in [6.07, 6.45) is -4.64. The molecule has 0 saturated heterocycles. The fourth-order valence-electron chi connectivity index (χ4n) is 2.43. The first kappa shape index (κ1) is 21.1. The van der Waals surface area contributed by atoms with E-state index < -0.39 is 11.9 Å². The number of aryl methyl sites for hydroxylation is 1. The van der Waals surface area contributed by atoms with Gasteiger partial charge < -0.3 is 5.32 Å². The van der Waals surface area contributed by atoms with Crippen LogP contribution >= 0.6 is 23.4 Å². The van der Waals surface area contributed by atoms with Crippen molar-refractivity contribution in [2.24, 2.45) is 0 Å². The van der Waals surface area contributed by atoms with Crippen LogP contribution in [0.25, 0.3) is 11.3 Å². The Kier molecular flexibility index (Phi) is 6.44. The van der Waals surface area contributed by atoms with E-state index in [9.17, 15) is 18.0 Å². The fourth-order valence-corrected chi connectivity index (χ4v) is 3.22. The number of carbonyl (C=O) groups is 1. The van der Waals surface area contributed by atoms with Crippen LogP contribution in [-0.2, 0) is 11.0 Å². The van der Waals surface area contributed by atoms with Gasteiger partial charge in [0, 0.05) is 16.3 Å². The summed E-state index contributed by atoms with van der Waals surface area (Å²) in [4.78, 5) is 19.9. The van der Waals surface area contributed by atoms with Crippen molar-refractivity contribution in [3.05, 3.63) is 70.9 Å². The average molecular weight is 438 g/mol. The van der Waals surface area contributed by atoms with Crippen molar-refractivity contribution in [2.75, 3.05) is 11.1 Å². The highest BCUT2D eigenvalue weighted by Crippen LogP contribution is 2.32. The average Bonchev–Trinajstić information content (AvgIpc) is 2.68. The van der Waals surface area contributed by atoms with Gasteiger partial charge >= 0.3 is 6.18 Å². The summed E-state index contributed by atoms with van der Waals surface area (Å²) < 4.78 is 39.8. The van der Waals surface area contributed by atoms with Crippen molar-refractivity contribution in [2.45, 2.75) is 18.3 Å². The van der Waals surface area contributed by atoms with Crippen molar-refractivity contribution < 1.29 is 18.0 Å². The Morgan fingerprint density at radius 1 is 1.10 bits per heavy atom. The lowest BCUT2D eigenvalue weighted by atomic mass is 10.1. The zero-order valence-corrected chi connectivity index (χ0v) is 16.7. The van der Waals surface area contributed by atoms with Gasteiger partial charge in [0.1, 0.15) is 5.69 Å². The molecule has 4 nitrogen and oxygen atoms in total. The Balaban J connectivity index is 1.80. The number of amides is 1. The van der Waals surface area contributed by atoms with Crippen LogP contribution in [0.4, 0.5) is 18.9 Å². The van der Waals surface area contributed by atoms with E-state index in [1.54, 1.807) is 36.4 Å². The number of carbonyl (C=O) groups excluding carboxylic acids is 1. The molecule has 0 fully saturated rings. The molecule has 0 saturated carbocycles. The Morgan fingerprint density at radius 2 is 1.79 bits per heavy atom. The first-order valence-corrected chi connectivity index (χ1v) is 9.79. The molecule has 0 aliphatic heterocycles. The molecule has 1 amide bonds. The Hall–Kier alpha value is -2.58. The lowest BCUT2D eigenvalue weighted by molar-refractivity contribution is -0.141. The quantitative estimate of drug-likeness (QED) is 0.401. The van der Waals surface area contributed by atoms with Gasteiger partial charge in [-0.05, 0) is 36.8 Å². The molecule has 0 spiro atoms. The molecule has 0 radical (unpaired) electrons. The minimum absolute atomic E-state index is 0.103. The lowest BCUT2D eigenvalue weighted by Crippen LogP contribution is -2.15. The van der Waals surface area contributed by atoms with E-state index in [-0.39, 0.29) is 22.5 Å². The van der Waals surface area contributed by atoms with Crippen LogP contribution in [0.5, 0.6) is 0 Å². The number of nitrogens with one attached hydrogen (secondary N) is 1. The Bertz CT molecular complexity index is 1030. The van der Waals surface area contributed by atoms with Crippen LogP contribution in [0.3, 0.4) is 0 Å². The van der Waals surface area contributed by atoms with E-state index in [0.717, 1.165) is 23.4 Å². The lowest BCUT2D eigenvalue weighted by Gasteiger charge is -2.11. The third kappa shape index (κ3) is 5.71. The Morgan fingerprint density at radius 3 is 2.45 bits per heavy atom. The smallest absolute Gasteiger partial charge is 0.325 e.